The van der Waals surface area contributed by atoms with Crippen molar-refractivity contribution in [2.45, 2.75) is 72.4 Å². The number of hydrogen-bond acceptors (Lipinski definition) is 3. The SMILES string of the molecule is CCC(C)(C)C(=O)C(CCC(=O)O)NC(C)(C)C. The highest BCUT2D eigenvalue weighted by Gasteiger charge is 2.34. The van der Waals surface area contributed by atoms with Crippen molar-refractivity contribution in [2.75, 3.05) is 0 Å². The smallest absolute Gasteiger partial charge is 0.303 e. The number of nitrogens with one attached hydrogen (secondary N) is 1. The number of carboxylic acid groups (broad SMARTS) is 1. The second kappa shape index (κ2) is 6.32. The van der Waals surface area contributed by atoms with Crippen molar-refractivity contribution in [3.05, 3.63) is 0 Å². The third kappa shape index (κ3) is 6.15. The van der Waals surface area contributed by atoms with Crippen molar-refractivity contribution in [2.24, 2.45) is 5.41 Å². The molecule has 0 spiro atoms. The van der Waals surface area contributed by atoms with Gasteiger partial charge in [0.1, 0.15) is 0 Å². The molecule has 0 rings (SSSR count). The maximum Gasteiger partial charge on any atom is 0.303 e. The molecule has 4 heteroatoms. The highest BCUT2D eigenvalue weighted by Crippen LogP contribution is 2.25. The molecule has 2 N–H and O–H groups in total. The van der Waals surface area contributed by atoms with Crippen molar-refractivity contribution in [3.63, 3.8) is 0 Å². The summed E-state index contributed by atoms with van der Waals surface area (Å²) in [4.78, 5) is 23.1. The maximum absolute atomic E-state index is 12.4. The van der Waals surface area contributed by atoms with E-state index in [1.54, 1.807) is 0 Å². The normalized spacial score (nSPS) is 14.3. The third-order valence-corrected chi connectivity index (χ3v) is 3.12. The lowest BCUT2D eigenvalue weighted by molar-refractivity contribution is -0.137. The van der Waals surface area contributed by atoms with Gasteiger partial charge in [0.2, 0.25) is 0 Å². The summed E-state index contributed by atoms with van der Waals surface area (Å²) in [7, 11) is 0. The van der Waals surface area contributed by atoms with Gasteiger partial charge < -0.3 is 10.4 Å². The van der Waals surface area contributed by atoms with Crippen LogP contribution in [-0.2, 0) is 9.59 Å². The minimum absolute atomic E-state index is 0.0132. The molecular formula is C14H27NO3. The number of ketones is 1. The fraction of sp³-hybridized carbons (Fsp3) is 0.857. The summed E-state index contributed by atoms with van der Waals surface area (Å²) in [5.74, 6) is -0.765. The fourth-order valence-corrected chi connectivity index (χ4v) is 1.71. The number of Topliss-reactive ketones (excluding diaryl/α,β-unsaturated/α-hetero) is 1. The first-order valence-corrected chi connectivity index (χ1v) is 6.53. The Bertz CT molecular complexity index is 303. The van der Waals surface area contributed by atoms with Gasteiger partial charge in [0.15, 0.2) is 5.78 Å². The Morgan fingerprint density at radius 3 is 2.00 bits per heavy atom. The van der Waals surface area contributed by atoms with E-state index in [1.807, 2.05) is 41.5 Å². The van der Waals surface area contributed by atoms with Gasteiger partial charge in [0.25, 0.3) is 0 Å². The van der Waals surface area contributed by atoms with Crippen molar-refractivity contribution in [3.8, 4) is 0 Å². The molecule has 0 amide bonds. The molecule has 0 aromatic carbocycles. The van der Waals surface area contributed by atoms with Crippen molar-refractivity contribution < 1.29 is 14.7 Å². The zero-order valence-corrected chi connectivity index (χ0v) is 12.5. The molecule has 18 heavy (non-hydrogen) atoms. The summed E-state index contributed by atoms with van der Waals surface area (Å²) in [6.45, 7) is 11.7. The van der Waals surface area contributed by atoms with Gasteiger partial charge in [-0.3, -0.25) is 9.59 Å². The van der Waals surface area contributed by atoms with Crippen molar-refractivity contribution in [1.29, 1.82) is 0 Å². The van der Waals surface area contributed by atoms with Crippen LogP contribution in [0.25, 0.3) is 0 Å². The van der Waals surface area contributed by atoms with Gasteiger partial charge >= 0.3 is 5.97 Å². The predicted octanol–water partition coefficient (Wildman–Crippen LogP) is 2.61. The van der Waals surface area contributed by atoms with Gasteiger partial charge in [-0.2, -0.15) is 0 Å². The Balaban J connectivity index is 4.86. The minimum Gasteiger partial charge on any atom is -0.481 e. The lowest BCUT2D eigenvalue weighted by Crippen LogP contribution is -2.51. The molecule has 0 heterocycles. The average molecular weight is 257 g/mol. The lowest BCUT2D eigenvalue weighted by Gasteiger charge is -2.32. The fourth-order valence-electron chi connectivity index (χ4n) is 1.71. The van der Waals surface area contributed by atoms with Crippen molar-refractivity contribution >= 4 is 11.8 Å². The molecule has 106 valence electrons. The number of hydrogen-bond donors (Lipinski definition) is 2. The lowest BCUT2D eigenvalue weighted by atomic mass is 9.80. The first-order valence-electron chi connectivity index (χ1n) is 6.53. The average Bonchev–Trinajstić information content (AvgIpc) is 2.21. The number of rotatable bonds is 7. The summed E-state index contributed by atoms with van der Waals surface area (Å²) in [5, 5.41) is 12.0. The van der Waals surface area contributed by atoms with Crippen LogP contribution >= 0.6 is 0 Å². The Hall–Kier alpha value is -0.900. The van der Waals surface area contributed by atoms with E-state index in [9.17, 15) is 9.59 Å². The van der Waals surface area contributed by atoms with E-state index < -0.39 is 17.4 Å². The summed E-state index contributed by atoms with van der Waals surface area (Å²) in [6, 6.07) is -0.393. The van der Waals surface area contributed by atoms with Crippen LogP contribution in [0, 0.1) is 5.41 Å². The largest absolute Gasteiger partial charge is 0.481 e. The number of carbonyl (C=O) groups is 2. The first kappa shape index (κ1) is 17.1. The van der Waals surface area contributed by atoms with E-state index >= 15 is 0 Å². The van der Waals surface area contributed by atoms with Crippen LogP contribution in [0.5, 0.6) is 0 Å². The van der Waals surface area contributed by atoms with Gasteiger partial charge in [-0.05, 0) is 33.6 Å². The van der Waals surface area contributed by atoms with E-state index in [1.165, 1.54) is 0 Å². The first-order chi connectivity index (χ1) is 7.99. The Kier molecular flexibility index (Phi) is 6.00. The molecule has 0 aromatic heterocycles. The summed E-state index contributed by atoms with van der Waals surface area (Å²) in [5.41, 5.74) is -0.621. The van der Waals surface area contributed by atoms with Crippen LogP contribution in [0.3, 0.4) is 0 Å². The quantitative estimate of drug-likeness (QED) is 0.735. The summed E-state index contributed by atoms with van der Waals surface area (Å²) >= 11 is 0. The Labute approximate surface area is 110 Å². The van der Waals surface area contributed by atoms with Gasteiger partial charge in [0, 0.05) is 17.4 Å². The number of carboxylic acids is 1. The molecule has 0 fully saturated rings. The summed E-state index contributed by atoms with van der Waals surface area (Å²) < 4.78 is 0. The van der Waals surface area contributed by atoms with Crippen LogP contribution in [0.15, 0.2) is 0 Å². The second-order valence-corrected chi connectivity index (χ2v) is 6.48. The molecule has 1 atom stereocenters. The molecule has 0 aliphatic rings. The highest BCUT2D eigenvalue weighted by atomic mass is 16.4. The standard InChI is InChI=1S/C14H27NO3/c1-7-14(5,6)12(18)10(8-9-11(16)17)15-13(2,3)4/h10,15H,7-9H2,1-6H3,(H,16,17). The number of aliphatic carboxylic acids is 1. The molecular weight excluding hydrogens is 230 g/mol. The van der Waals surface area contributed by atoms with Crippen LogP contribution < -0.4 is 5.32 Å². The summed E-state index contributed by atoms with van der Waals surface area (Å²) in [6.07, 6.45) is 1.11. The molecule has 0 saturated carbocycles. The molecule has 4 nitrogen and oxygen atoms in total. The molecule has 0 saturated heterocycles. The van der Waals surface area contributed by atoms with E-state index in [-0.39, 0.29) is 17.7 Å². The van der Waals surface area contributed by atoms with Crippen molar-refractivity contribution in [1.82, 2.24) is 5.32 Å². The van der Waals surface area contributed by atoms with E-state index in [0.717, 1.165) is 6.42 Å². The van der Waals surface area contributed by atoms with Crippen LogP contribution in [0.1, 0.15) is 60.8 Å². The second-order valence-electron chi connectivity index (χ2n) is 6.48. The van der Waals surface area contributed by atoms with E-state index in [4.69, 9.17) is 5.11 Å². The third-order valence-electron chi connectivity index (χ3n) is 3.12. The molecule has 0 aliphatic heterocycles. The monoisotopic (exact) mass is 257 g/mol. The maximum atomic E-state index is 12.4. The van der Waals surface area contributed by atoms with Crippen LogP contribution in [-0.4, -0.2) is 28.4 Å². The van der Waals surface area contributed by atoms with Crippen LogP contribution in [0.2, 0.25) is 0 Å². The highest BCUT2D eigenvalue weighted by molar-refractivity contribution is 5.89. The zero-order valence-electron chi connectivity index (χ0n) is 12.5. The van der Waals surface area contributed by atoms with Crippen LogP contribution in [0.4, 0.5) is 0 Å². The Morgan fingerprint density at radius 1 is 1.17 bits per heavy atom. The molecule has 0 aromatic rings. The van der Waals surface area contributed by atoms with Gasteiger partial charge in [0.05, 0.1) is 6.04 Å². The number of carbonyl (C=O) groups excluding carboxylic acids is 1. The van der Waals surface area contributed by atoms with E-state index in [2.05, 4.69) is 5.32 Å². The molecule has 0 radical (unpaired) electrons. The van der Waals surface area contributed by atoms with Gasteiger partial charge in [-0.25, -0.2) is 0 Å². The topological polar surface area (TPSA) is 66.4 Å². The van der Waals surface area contributed by atoms with Gasteiger partial charge in [-0.15, -0.1) is 0 Å². The Morgan fingerprint density at radius 2 is 1.67 bits per heavy atom. The molecule has 0 bridgehead atoms. The minimum atomic E-state index is -0.863. The van der Waals surface area contributed by atoms with E-state index in [0.29, 0.717) is 6.42 Å². The predicted molar refractivity (Wildman–Crippen MR) is 72.6 cm³/mol. The molecule has 1 unspecified atom stereocenters. The zero-order chi connectivity index (χ0) is 14.6. The molecule has 0 aliphatic carbocycles. The van der Waals surface area contributed by atoms with Gasteiger partial charge in [-0.1, -0.05) is 20.8 Å².